The average Bonchev–Trinajstić information content (AvgIpc) is 2.72. The molecule has 1 heterocycles. The summed E-state index contributed by atoms with van der Waals surface area (Å²) < 4.78 is 17.1. The summed E-state index contributed by atoms with van der Waals surface area (Å²) in [6.45, 7) is 5.21. The van der Waals surface area contributed by atoms with Gasteiger partial charge in [0, 0.05) is 29.4 Å². The van der Waals surface area contributed by atoms with Crippen LogP contribution in [0.2, 0.25) is 0 Å². The summed E-state index contributed by atoms with van der Waals surface area (Å²) in [6, 6.07) is 13.9. The fourth-order valence-electron chi connectivity index (χ4n) is 2.93. The zero-order chi connectivity index (χ0) is 19.9. The molecule has 1 aliphatic rings. The number of hydrogen-bond acceptors (Lipinski definition) is 7. The van der Waals surface area contributed by atoms with Crippen LogP contribution in [0, 0.1) is 22.7 Å². The van der Waals surface area contributed by atoms with E-state index in [1.54, 1.807) is 17.8 Å². The third kappa shape index (κ3) is 4.23. The maximum absolute atomic E-state index is 9.64. The van der Waals surface area contributed by atoms with Crippen molar-refractivity contribution in [2.75, 3.05) is 25.1 Å². The van der Waals surface area contributed by atoms with E-state index in [1.807, 2.05) is 38.1 Å². The Morgan fingerprint density at radius 3 is 2.50 bits per heavy atom. The highest BCUT2D eigenvalue weighted by Crippen LogP contribution is 2.49. The van der Waals surface area contributed by atoms with Crippen LogP contribution >= 0.6 is 11.8 Å². The van der Waals surface area contributed by atoms with Gasteiger partial charge >= 0.3 is 0 Å². The van der Waals surface area contributed by atoms with Gasteiger partial charge < -0.3 is 19.5 Å². The molecule has 1 N–H and O–H groups in total. The minimum absolute atomic E-state index is 0.234. The molecule has 0 aromatic heterocycles. The third-order valence-electron chi connectivity index (χ3n) is 4.15. The molecule has 0 saturated carbocycles. The normalized spacial score (nSPS) is 11.8. The monoisotopic (exact) mass is 395 g/mol. The predicted octanol–water partition coefficient (Wildman–Crippen LogP) is 4.81. The molecular formula is C21H21N3O3S. The van der Waals surface area contributed by atoms with Crippen molar-refractivity contribution in [2.45, 2.75) is 36.3 Å². The second kappa shape index (κ2) is 9.48. The summed E-state index contributed by atoms with van der Waals surface area (Å²) >= 11 is 1.55. The summed E-state index contributed by atoms with van der Waals surface area (Å²) in [5, 5.41) is 22.5. The van der Waals surface area contributed by atoms with Gasteiger partial charge in [-0.2, -0.15) is 10.5 Å². The molecule has 3 rings (SSSR count). The van der Waals surface area contributed by atoms with Crippen LogP contribution in [0.4, 0.5) is 11.4 Å². The van der Waals surface area contributed by atoms with Crippen molar-refractivity contribution < 1.29 is 14.2 Å². The molecule has 144 valence electrons. The number of nitrogens with zero attached hydrogens (tertiary/aromatic N) is 2. The second-order valence-electron chi connectivity index (χ2n) is 5.93. The first-order valence-electron chi connectivity index (χ1n) is 9.12. The van der Waals surface area contributed by atoms with E-state index < -0.39 is 0 Å². The van der Waals surface area contributed by atoms with Gasteiger partial charge in [0.05, 0.1) is 23.5 Å². The number of anilines is 2. The Morgan fingerprint density at radius 1 is 1.07 bits per heavy atom. The number of ether oxygens (including phenoxy) is 3. The Hall–Kier alpha value is -2.71. The van der Waals surface area contributed by atoms with E-state index in [-0.39, 0.29) is 11.9 Å². The smallest absolute Gasteiger partial charge is 0.163 e. The molecule has 0 amide bonds. The van der Waals surface area contributed by atoms with E-state index in [1.165, 1.54) is 0 Å². The molecule has 0 unspecified atom stereocenters. The Bertz CT molecular complexity index is 928. The van der Waals surface area contributed by atoms with Crippen LogP contribution in [-0.4, -0.2) is 26.1 Å². The van der Waals surface area contributed by atoms with Gasteiger partial charge in [-0.1, -0.05) is 23.9 Å². The molecule has 0 saturated heterocycles. The molecule has 0 radical (unpaired) electrons. The lowest BCUT2D eigenvalue weighted by Crippen LogP contribution is -2.20. The second-order valence-corrected chi connectivity index (χ2v) is 7.01. The predicted molar refractivity (Wildman–Crippen MR) is 107 cm³/mol. The van der Waals surface area contributed by atoms with E-state index in [0.717, 1.165) is 15.5 Å². The Balaban J connectivity index is 1.90. The van der Waals surface area contributed by atoms with Crippen LogP contribution in [-0.2, 0) is 9.47 Å². The number of nitrogens with one attached hydrogen (secondary N) is 1. The van der Waals surface area contributed by atoms with Gasteiger partial charge in [0.1, 0.15) is 17.7 Å². The fraction of sp³-hybridized carbons (Fsp3) is 0.333. The van der Waals surface area contributed by atoms with Gasteiger partial charge in [0.15, 0.2) is 12.0 Å². The summed E-state index contributed by atoms with van der Waals surface area (Å²) in [5.41, 5.74) is 2.19. The summed E-state index contributed by atoms with van der Waals surface area (Å²) in [5.74, 6) is 0.394. The lowest BCUT2D eigenvalue weighted by molar-refractivity contribution is -0.142. The Labute approximate surface area is 169 Å². The van der Waals surface area contributed by atoms with Crippen molar-refractivity contribution in [3.8, 4) is 17.9 Å². The fourth-order valence-corrected chi connectivity index (χ4v) is 3.97. The van der Waals surface area contributed by atoms with Gasteiger partial charge in [0.25, 0.3) is 0 Å². The highest BCUT2D eigenvalue weighted by molar-refractivity contribution is 7.99. The molecule has 0 aliphatic carbocycles. The maximum atomic E-state index is 9.64. The molecule has 0 atom stereocenters. The minimum Gasteiger partial charge on any atom is -0.490 e. The number of benzene rings is 2. The Morgan fingerprint density at radius 2 is 1.82 bits per heavy atom. The van der Waals surface area contributed by atoms with E-state index in [9.17, 15) is 10.5 Å². The topological polar surface area (TPSA) is 87.3 Å². The van der Waals surface area contributed by atoms with Crippen LogP contribution in [0.15, 0.2) is 40.1 Å². The highest BCUT2D eigenvalue weighted by atomic mass is 32.2. The summed E-state index contributed by atoms with van der Waals surface area (Å²) in [4.78, 5) is 1.91. The highest BCUT2D eigenvalue weighted by Gasteiger charge is 2.25. The van der Waals surface area contributed by atoms with Crippen LogP contribution in [0.25, 0.3) is 0 Å². The number of nitriles is 2. The molecule has 2 aromatic carbocycles. The van der Waals surface area contributed by atoms with E-state index in [0.29, 0.717) is 43.2 Å². The van der Waals surface area contributed by atoms with Gasteiger partial charge in [-0.15, -0.1) is 0 Å². The van der Waals surface area contributed by atoms with Crippen molar-refractivity contribution in [3.63, 3.8) is 0 Å². The lowest BCUT2D eigenvalue weighted by atomic mass is 10.1. The Kier molecular flexibility index (Phi) is 6.78. The zero-order valence-electron chi connectivity index (χ0n) is 15.8. The summed E-state index contributed by atoms with van der Waals surface area (Å²) in [7, 11) is 0. The molecule has 6 nitrogen and oxygen atoms in total. The zero-order valence-corrected chi connectivity index (χ0v) is 16.6. The third-order valence-corrected chi connectivity index (χ3v) is 5.27. The van der Waals surface area contributed by atoms with Crippen molar-refractivity contribution in [1.29, 1.82) is 10.5 Å². The molecule has 7 heteroatoms. The summed E-state index contributed by atoms with van der Waals surface area (Å²) in [6.07, 6.45) is 0.153. The van der Waals surface area contributed by atoms with Crippen LogP contribution in [0.3, 0.4) is 0 Å². The van der Waals surface area contributed by atoms with Crippen molar-refractivity contribution >= 4 is 23.1 Å². The number of rotatable bonds is 8. The minimum atomic E-state index is -0.362. The van der Waals surface area contributed by atoms with Crippen LogP contribution < -0.4 is 10.1 Å². The first-order chi connectivity index (χ1) is 13.7. The van der Waals surface area contributed by atoms with Gasteiger partial charge in [-0.3, -0.25) is 0 Å². The number of fused-ring (bicyclic) bond motifs is 2. The molecular weight excluding hydrogens is 374 g/mol. The molecule has 1 aliphatic heterocycles. The molecule has 28 heavy (non-hydrogen) atoms. The van der Waals surface area contributed by atoms with E-state index >= 15 is 0 Å². The van der Waals surface area contributed by atoms with Gasteiger partial charge in [-0.05, 0) is 32.0 Å². The molecule has 0 spiro atoms. The van der Waals surface area contributed by atoms with Crippen molar-refractivity contribution in [2.24, 2.45) is 0 Å². The lowest BCUT2D eigenvalue weighted by Gasteiger charge is -2.25. The van der Waals surface area contributed by atoms with Crippen LogP contribution in [0.5, 0.6) is 5.75 Å². The van der Waals surface area contributed by atoms with Gasteiger partial charge in [0.2, 0.25) is 0 Å². The average molecular weight is 395 g/mol. The standard InChI is InChI=1S/C21H21N3O3S/c1-3-25-19(26-4-2)9-10-27-21-15(13-23)14(12-22)11-18-20(21)24-16-7-5-6-8-17(16)28-18/h5-8,11,19,24H,3-4,9-10H2,1-2H3. The maximum Gasteiger partial charge on any atom is 0.163 e. The largest absolute Gasteiger partial charge is 0.490 e. The van der Waals surface area contributed by atoms with Crippen molar-refractivity contribution in [1.82, 2.24) is 0 Å². The van der Waals surface area contributed by atoms with Crippen LogP contribution in [0.1, 0.15) is 31.4 Å². The first-order valence-corrected chi connectivity index (χ1v) is 9.94. The molecule has 0 bridgehead atoms. The number of para-hydroxylation sites is 1. The molecule has 2 aromatic rings. The van der Waals surface area contributed by atoms with Crippen molar-refractivity contribution in [3.05, 3.63) is 41.5 Å². The van der Waals surface area contributed by atoms with E-state index in [4.69, 9.17) is 14.2 Å². The van der Waals surface area contributed by atoms with Gasteiger partial charge in [-0.25, -0.2) is 0 Å². The molecule has 0 fully saturated rings. The number of hydrogen-bond donors (Lipinski definition) is 1. The quantitative estimate of drug-likeness (QED) is 0.548. The van der Waals surface area contributed by atoms with E-state index in [2.05, 4.69) is 17.5 Å². The first kappa shape index (κ1) is 20.0. The SMILES string of the molecule is CCOC(CCOc1c(C#N)c(C#N)cc2c1Nc1ccccc1S2)OCC.